The number of alkyl halides is 1. The van der Waals surface area contributed by atoms with Crippen LogP contribution in [0.1, 0.15) is 65.2 Å². The SMILES string of the molecule is CC(C)[C@H](CN1CCC(C2C=CC(Cl)CC2)CC1)NCC1=CC2CCCCC2N1. The summed E-state index contributed by atoms with van der Waals surface area (Å²) in [6.45, 7) is 9.46. The number of likely N-dealkylation sites (tertiary alicyclic amines) is 1. The number of allylic oxidation sites excluding steroid dienone is 2. The molecule has 164 valence electrons. The molecule has 0 amide bonds. The maximum atomic E-state index is 6.23. The zero-order valence-electron chi connectivity index (χ0n) is 18.6. The van der Waals surface area contributed by atoms with Gasteiger partial charge in [-0.2, -0.15) is 0 Å². The Labute approximate surface area is 183 Å². The summed E-state index contributed by atoms with van der Waals surface area (Å²) < 4.78 is 0. The van der Waals surface area contributed by atoms with E-state index in [0.29, 0.717) is 12.0 Å². The van der Waals surface area contributed by atoms with Crippen molar-refractivity contribution < 1.29 is 0 Å². The second-order valence-electron chi connectivity index (χ2n) is 10.4. The van der Waals surface area contributed by atoms with E-state index in [9.17, 15) is 0 Å². The van der Waals surface area contributed by atoms with Gasteiger partial charge in [0.1, 0.15) is 0 Å². The van der Waals surface area contributed by atoms with Crippen molar-refractivity contribution in [2.75, 3.05) is 26.2 Å². The van der Waals surface area contributed by atoms with Gasteiger partial charge in [-0.05, 0) is 75.3 Å². The Morgan fingerprint density at radius 3 is 2.52 bits per heavy atom. The lowest BCUT2D eigenvalue weighted by molar-refractivity contribution is 0.136. The number of piperidine rings is 1. The summed E-state index contributed by atoms with van der Waals surface area (Å²) >= 11 is 6.23. The molecule has 0 aromatic heterocycles. The number of nitrogens with zero attached hydrogens (tertiary/aromatic N) is 1. The number of nitrogens with one attached hydrogen (secondary N) is 2. The highest BCUT2D eigenvalue weighted by molar-refractivity contribution is 6.21. The van der Waals surface area contributed by atoms with Crippen LogP contribution in [0.25, 0.3) is 0 Å². The van der Waals surface area contributed by atoms with E-state index in [1.54, 1.807) is 0 Å². The van der Waals surface area contributed by atoms with Gasteiger partial charge in [-0.1, -0.05) is 44.9 Å². The predicted octanol–water partition coefficient (Wildman–Crippen LogP) is 4.93. The summed E-state index contributed by atoms with van der Waals surface area (Å²) in [4.78, 5) is 2.71. The fourth-order valence-electron chi connectivity index (χ4n) is 5.99. The van der Waals surface area contributed by atoms with Crippen LogP contribution in [0.5, 0.6) is 0 Å². The molecule has 4 aliphatic rings. The third kappa shape index (κ3) is 5.80. The molecule has 2 fully saturated rings. The first-order valence-electron chi connectivity index (χ1n) is 12.3. The van der Waals surface area contributed by atoms with E-state index < -0.39 is 0 Å². The topological polar surface area (TPSA) is 27.3 Å². The van der Waals surface area contributed by atoms with Crippen molar-refractivity contribution in [1.29, 1.82) is 0 Å². The summed E-state index contributed by atoms with van der Waals surface area (Å²) in [7, 11) is 0. The van der Waals surface area contributed by atoms with Gasteiger partial charge in [0.15, 0.2) is 0 Å². The minimum Gasteiger partial charge on any atom is -0.384 e. The van der Waals surface area contributed by atoms with Gasteiger partial charge in [0, 0.05) is 30.9 Å². The van der Waals surface area contributed by atoms with E-state index in [-0.39, 0.29) is 5.38 Å². The van der Waals surface area contributed by atoms with Crippen LogP contribution in [-0.2, 0) is 0 Å². The Morgan fingerprint density at radius 2 is 1.83 bits per heavy atom. The Kier molecular flexibility index (Phi) is 7.64. The summed E-state index contributed by atoms with van der Waals surface area (Å²) in [6, 6.07) is 1.29. The highest BCUT2D eigenvalue weighted by atomic mass is 35.5. The highest BCUT2D eigenvalue weighted by Gasteiger charge is 2.30. The number of hydrogen-bond donors (Lipinski definition) is 2. The Balaban J connectivity index is 1.21. The second-order valence-corrected chi connectivity index (χ2v) is 11.0. The molecule has 3 nitrogen and oxygen atoms in total. The van der Waals surface area contributed by atoms with Crippen molar-refractivity contribution in [2.45, 2.75) is 82.7 Å². The molecule has 5 atom stereocenters. The van der Waals surface area contributed by atoms with Crippen molar-refractivity contribution in [2.24, 2.45) is 23.7 Å². The Bertz CT molecular complexity index is 579. The highest BCUT2D eigenvalue weighted by Crippen LogP contribution is 2.34. The van der Waals surface area contributed by atoms with Crippen LogP contribution in [0.15, 0.2) is 23.9 Å². The molecule has 0 aromatic carbocycles. The molecule has 4 unspecified atom stereocenters. The molecular formula is C25H42ClN3. The van der Waals surface area contributed by atoms with Crippen LogP contribution in [0.2, 0.25) is 0 Å². The average Bonchev–Trinajstić information content (AvgIpc) is 3.15. The van der Waals surface area contributed by atoms with Gasteiger partial charge >= 0.3 is 0 Å². The second kappa shape index (κ2) is 10.2. The Morgan fingerprint density at radius 1 is 1.03 bits per heavy atom. The first kappa shape index (κ1) is 21.7. The molecule has 2 aliphatic carbocycles. The molecule has 29 heavy (non-hydrogen) atoms. The fraction of sp³-hybridized carbons (Fsp3) is 0.840. The quantitative estimate of drug-likeness (QED) is 0.452. The van der Waals surface area contributed by atoms with Gasteiger partial charge in [0.25, 0.3) is 0 Å². The van der Waals surface area contributed by atoms with Crippen LogP contribution in [0.3, 0.4) is 0 Å². The van der Waals surface area contributed by atoms with Gasteiger partial charge in [-0.15, -0.1) is 11.6 Å². The van der Waals surface area contributed by atoms with E-state index in [4.69, 9.17) is 11.6 Å². The van der Waals surface area contributed by atoms with E-state index in [2.05, 4.69) is 47.6 Å². The normalized spacial score (nSPS) is 34.7. The fourth-order valence-corrected chi connectivity index (χ4v) is 6.20. The van der Waals surface area contributed by atoms with Crippen molar-refractivity contribution in [1.82, 2.24) is 15.5 Å². The molecule has 1 saturated carbocycles. The first-order valence-corrected chi connectivity index (χ1v) is 12.8. The smallest absolute Gasteiger partial charge is 0.0516 e. The maximum absolute atomic E-state index is 6.23. The predicted molar refractivity (Wildman–Crippen MR) is 124 cm³/mol. The monoisotopic (exact) mass is 419 g/mol. The van der Waals surface area contributed by atoms with Gasteiger partial charge in [-0.25, -0.2) is 0 Å². The lowest BCUT2D eigenvalue weighted by atomic mass is 9.79. The molecule has 2 heterocycles. The molecule has 2 aliphatic heterocycles. The minimum absolute atomic E-state index is 0.276. The molecule has 0 bridgehead atoms. The van der Waals surface area contributed by atoms with E-state index in [1.807, 2.05) is 0 Å². The summed E-state index contributed by atoms with van der Waals surface area (Å²) in [5, 5.41) is 7.98. The number of hydrogen-bond acceptors (Lipinski definition) is 3. The summed E-state index contributed by atoms with van der Waals surface area (Å²) in [5.41, 5.74) is 1.45. The maximum Gasteiger partial charge on any atom is 0.0516 e. The molecular weight excluding hydrogens is 378 g/mol. The van der Waals surface area contributed by atoms with Gasteiger partial charge in [-0.3, -0.25) is 0 Å². The molecule has 4 heteroatoms. The van der Waals surface area contributed by atoms with Crippen LogP contribution in [0.4, 0.5) is 0 Å². The summed E-state index contributed by atoms with van der Waals surface area (Å²) in [6.07, 6.45) is 17.9. The number of rotatable bonds is 7. The van der Waals surface area contributed by atoms with Crippen LogP contribution in [-0.4, -0.2) is 48.5 Å². The van der Waals surface area contributed by atoms with Crippen LogP contribution in [0, 0.1) is 23.7 Å². The summed E-state index contributed by atoms with van der Waals surface area (Å²) in [5.74, 6) is 3.10. The molecule has 0 aromatic rings. The van der Waals surface area contributed by atoms with Gasteiger partial charge in [0.05, 0.1) is 5.38 Å². The average molecular weight is 420 g/mol. The zero-order chi connectivity index (χ0) is 20.2. The standard InChI is InChI=1S/C25H42ClN3/c1-18(2)25(27-16-23-15-21-5-3-4-6-24(21)28-23)17-29-13-11-20(12-14-29)19-7-9-22(26)10-8-19/h7,9,15,18-22,24-25,27-28H,3-6,8,10-14,16-17H2,1-2H3/t19?,21?,22?,24?,25-/m0/s1. The Hall–Kier alpha value is -0.510. The largest absolute Gasteiger partial charge is 0.384 e. The lowest BCUT2D eigenvalue weighted by Gasteiger charge is -2.38. The number of fused-ring (bicyclic) bond motifs is 1. The van der Waals surface area contributed by atoms with Crippen molar-refractivity contribution >= 4 is 11.6 Å². The van der Waals surface area contributed by atoms with Crippen molar-refractivity contribution in [3.05, 3.63) is 23.9 Å². The molecule has 0 spiro atoms. The third-order valence-corrected chi connectivity index (χ3v) is 8.36. The number of halogens is 1. The van der Waals surface area contributed by atoms with Crippen LogP contribution >= 0.6 is 11.6 Å². The van der Waals surface area contributed by atoms with E-state index in [0.717, 1.165) is 36.8 Å². The first-order chi connectivity index (χ1) is 14.1. The van der Waals surface area contributed by atoms with E-state index >= 15 is 0 Å². The van der Waals surface area contributed by atoms with E-state index in [1.165, 1.54) is 70.3 Å². The van der Waals surface area contributed by atoms with Crippen molar-refractivity contribution in [3.63, 3.8) is 0 Å². The molecule has 2 N–H and O–H groups in total. The minimum atomic E-state index is 0.276. The molecule has 4 rings (SSSR count). The lowest BCUT2D eigenvalue weighted by Crippen LogP contribution is -2.48. The zero-order valence-corrected chi connectivity index (χ0v) is 19.3. The van der Waals surface area contributed by atoms with Gasteiger partial charge < -0.3 is 15.5 Å². The molecule has 0 radical (unpaired) electrons. The molecule has 1 saturated heterocycles. The third-order valence-electron chi connectivity index (χ3n) is 8.00. The van der Waals surface area contributed by atoms with Crippen LogP contribution < -0.4 is 10.6 Å². The van der Waals surface area contributed by atoms with Gasteiger partial charge in [0.2, 0.25) is 0 Å². The van der Waals surface area contributed by atoms with Crippen molar-refractivity contribution in [3.8, 4) is 0 Å².